The van der Waals surface area contributed by atoms with Crippen LogP contribution in [-0.2, 0) is 0 Å². The molecule has 170 valence electrons. The van der Waals surface area contributed by atoms with Gasteiger partial charge in [-0.2, -0.15) is 18.3 Å². The van der Waals surface area contributed by atoms with Crippen LogP contribution in [0.4, 0.5) is 23.2 Å². The highest BCUT2D eigenvalue weighted by Crippen LogP contribution is 2.35. The summed E-state index contributed by atoms with van der Waals surface area (Å²) in [6, 6.07) is 4.04. The van der Waals surface area contributed by atoms with Gasteiger partial charge >= 0.3 is 6.18 Å². The van der Waals surface area contributed by atoms with Crippen molar-refractivity contribution in [2.45, 2.75) is 26.1 Å². The van der Waals surface area contributed by atoms with Gasteiger partial charge in [-0.1, -0.05) is 23.2 Å². The molecule has 0 saturated heterocycles. The number of aromatic nitrogens is 3. The van der Waals surface area contributed by atoms with Gasteiger partial charge < -0.3 is 15.2 Å². The average molecular weight is 493 g/mol. The summed E-state index contributed by atoms with van der Waals surface area (Å²) in [5.74, 6) is -3.18. The fraction of sp³-hybridized carbons (Fsp3) is 0.211. The van der Waals surface area contributed by atoms with Crippen LogP contribution in [0.5, 0.6) is 11.6 Å². The van der Waals surface area contributed by atoms with Crippen molar-refractivity contribution >= 4 is 34.8 Å². The molecule has 7 nitrogen and oxygen atoms in total. The van der Waals surface area contributed by atoms with Crippen molar-refractivity contribution in [3.05, 3.63) is 51.5 Å². The number of carbonyl (C=O) groups is 1. The summed E-state index contributed by atoms with van der Waals surface area (Å²) >= 11 is 11.6. The maximum Gasteiger partial charge on any atom is 0.425 e. The molecule has 32 heavy (non-hydrogen) atoms. The molecule has 0 spiro atoms. The van der Waals surface area contributed by atoms with Crippen LogP contribution >= 0.6 is 23.2 Å². The van der Waals surface area contributed by atoms with E-state index in [9.17, 15) is 27.5 Å². The fourth-order valence-electron chi connectivity index (χ4n) is 2.59. The van der Waals surface area contributed by atoms with Crippen LogP contribution in [0.1, 0.15) is 23.0 Å². The lowest BCUT2D eigenvalue weighted by atomic mass is 10.0. The molecule has 0 aliphatic heterocycles. The first kappa shape index (κ1) is 23.6. The van der Waals surface area contributed by atoms with E-state index in [1.807, 2.05) is 0 Å². The molecule has 0 bridgehead atoms. The van der Waals surface area contributed by atoms with Gasteiger partial charge in [-0.25, -0.2) is 9.37 Å². The number of aryl methyl sites for hydroxylation is 1. The second kappa shape index (κ2) is 8.83. The van der Waals surface area contributed by atoms with Gasteiger partial charge in [0.1, 0.15) is 27.4 Å². The number of alkyl halides is 3. The number of amides is 1. The fourth-order valence-corrected chi connectivity index (χ4v) is 2.92. The Hall–Kier alpha value is -3.05. The Morgan fingerprint density at radius 3 is 2.53 bits per heavy atom. The summed E-state index contributed by atoms with van der Waals surface area (Å²) in [7, 11) is 0. The Morgan fingerprint density at radius 1 is 1.28 bits per heavy atom. The molecule has 0 aliphatic rings. The number of ether oxygens (including phenoxy) is 1. The maximum absolute atomic E-state index is 14.9. The Labute approximate surface area is 188 Å². The molecule has 0 radical (unpaired) electrons. The molecule has 13 heteroatoms. The topological polar surface area (TPSA) is 100 Å². The lowest BCUT2D eigenvalue weighted by Crippen LogP contribution is -2.32. The van der Waals surface area contributed by atoms with E-state index in [0.29, 0.717) is 11.8 Å². The highest BCUT2D eigenvalue weighted by Gasteiger charge is 2.39. The van der Waals surface area contributed by atoms with Crippen LogP contribution < -0.4 is 10.1 Å². The molecule has 1 aromatic carbocycles. The van der Waals surface area contributed by atoms with Gasteiger partial charge in [0, 0.05) is 5.56 Å². The van der Waals surface area contributed by atoms with E-state index in [1.165, 1.54) is 19.1 Å². The smallest absolute Gasteiger partial charge is 0.425 e. The van der Waals surface area contributed by atoms with Crippen molar-refractivity contribution in [3.8, 4) is 22.9 Å². The number of aromatic hydroxyl groups is 1. The monoisotopic (exact) mass is 492 g/mol. The maximum atomic E-state index is 14.9. The summed E-state index contributed by atoms with van der Waals surface area (Å²) in [4.78, 5) is 16.5. The van der Waals surface area contributed by atoms with Crippen molar-refractivity contribution in [1.82, 2.24) is 15.2 Å². The minimum Gasteiger partial charge on any atom is -0.492 e. The number of hydrogen-bond donors (Lipinski definition) is 3. The van der Waals surface area contributed by atoms with Crippen LogP contribution in [0.3, 0.4) is 0 Å². The highest BCUT2D eigenvalue weighted by molar-refractivity contribution is 6.33. The third-order valence-electron chi connectivity index (χ3n) is 4.32. The first-order valence-electron chi connectivity index (χ1n) is 8.83. The molecular formula is C19H14Cl2F4N4O3. The van der Waals surface area contributed by atoms with Crippen molar-refractivity contribution in [3.63, 3.8) is 0 Å². The van der Waals surface area contributed by atoms with E-state index in [0.717, 1.165) is 13.0 Å². The van der Waals surface area contributed by atoms with Crippen molar-refractivity contribution < 1.29 is 32.2 Å². The molecule has 0 unspecified atom stereocenters. The number of aromatic amines is 1. The van der Waals surface area contributed by atoms with Crippen molar-refractivity contribution in [2.75, 3.05) is 5.32 Å². The van der Waals surface area contributed by atoms with E-state index >= 15 is 0 Å². The number of carbonyl (C=O) groups excluding carboxylic acids is 1. The molecule has 1 amide bonds. The molecule has 2 aromatic heterocycles. The second-order valence-corrected chi connectivity index (χ2v) is 7.37. The summed E-state index contributed by atoms with van der Waals surface area (Å²) < 4.78 is 59.1. The number of hydrogen-bond acceptors (Lipinski definition) is 5. The second-order valence-electron chi connectivity index (χ2n) is 6.58. The molecule has 3 N–H and O–H groups in total. The summed E-state index contributed by atoms with van der Waals surface area (Å²) in [6.07, 6.45) is -7.08. The Bertz CT molecular complexity index is 1160. The Morgan fingerprint density at radius 2 is 1.97 bits per heavy atom. The van der Waals surface area contributed by atoms with Gasteiger partial charge in [-0.15, -0.1) is 0 Å². The Balaban J connectivity index is 2.09. The van der Waals surface area contributed by atoms with Crippen LogP contribution in [0.25, 0.3) is 11.3 Å². The lowest BCUT2D eigenvalue weighted by molar-refractivity contribution is -0.189. The number of halogens is 6. The van der Waals surface area contributed by atoms with Crippen LogP contribution in [0.15, 0.2) is 24.3 Å². The van der Waals surface area contributed by atoms with E-state index in [1.54, 1.807) is 0 Å². The summed E-state index contributed by atoms with van der Waals surface area (Å²) in [5.41, 5.74) is -0.630. The van der Waals surface area contributed by atoms with Gasteiger partial charge in [-0.3, -0.25) is 9.89 Å². The quantitative estimate of drug-likeness (QED) is 0.407. The Kier molecular flexibility index (Phi) is 6.51. The molecule has 3 rings (SSSR count). The first-order chi connectivity index (χ1) is 14.9. The van der Waals surface area contributed by atoms with E-state index in [4.69, 9.17) is 27.9 Å². The number of anilines is 1. The van der Waals surface area contributed by atoms with E-state index in [2.05, 4.69) is 20.5 Å². The lowest BCUT2D eigenvalue weighted by Gasteiger charge is -2.20. The molecule has 0 saturated carbocycles. The van der Waals surface area contributed by atoms with Gasteiger partial charge in [0.2, 0.25) is 5.88 Å². The predicted octanol–water partition coefficient (Wildman–Crippen LogP) is 5.51. The largest absolute Gasteiger partial charge is 0.492 e. The number of rotatable bonds is 5. The molecule has 2 heterocycles. The number of benzene rings is 1. The number of nitrogens with zero attached hydrogens (tertiary/aromatic N) is 2. The number of pyridine rings is 1. The third kappa shape index (κ3) is 4.89. The first-order valence-corrected chi connectivity index (χ1v) is 9.58. The van der Waals surface area contributed by atoms with Crippen molar-refractivity contribution in [2.24, 2.45) is 0 Å². The highest BCUT2D eigenvalue weighted by atomic mass is 35.5. The summed E-state index contributed by atoms with van der Waals surface area (Å²) in [6.45, 7) is 2.25. The predicted molar refractivity (Wildman–Crippen MR) is 109 cm³/mol. The zero-order valence-electron chi connectivity index (χ0n) is 16.3. The standard InChI is InChI=1S/C19H14Cl2F4N4O3/c1-7-15(16(21)29-28-7)27-17(30)10-5-12(22)9(13-4-3-11(20)18(31)26-13)6-14(10)32-8(2)19(23,24)25/h3-6,8H,1-2H3,(H,26,31)(H,27,30)(H,28,29)/t8-/m0/s1. The molecular weight excluding hydrogens is 479 g/mol. The van der Waals surface area contributed by atoms with Crippen LogP contribution in [-0.4, -0.2) is 38.5 Å². The third-order valence-corrected chi connectivity index (χ3v) is 4.89. The minimum atomic E-state index is -4.76. The zero-order chi connectivity index (χ0) is 23.8. The van der Waals surface area contributed by atoms with Crippen LogP contribution in [0.2, 0.25) is 10.2 Å². The van der Waals surface area contributed by atoms with Crippen LogP contribution in [0, 0.1) is 12.7 Å². The van der Waals surface area contributed by atoms with Gasteiger partial charge in [0.25, 0.3) is 5.91 Å². The normalized spacial score (nSPS) is 12.5. The molecule has 3 aromatic rings. The van der Waals surface area contributed by atoms with E-state index in [-0.39, 0.29) is 27.1 Å². The number of H-pyrrole nitrogens is 1. The summed E-state index contributed by atoms with van der Waals surface area (Å²) in [5, 5.41) is 18.1. The number of nitrogens with one attached hydrogen (secondary N) is 2. The van der Waals surface area contributed by atoms with Gasteiger partial charge in [0.05, 0.1) is 17.0 Å². The SMILES string of the molecule is Cc1n[nH]c(Cl)c1NC(=O)c1cc(F)c(-c2ccc(Cl)c(O)n2)cc1O[C@@H](C)C(F)(F)F. The molecule has 1 atom stereocenters. The van der Waals surface area contributed by atoms with Gasteiger partial charge in [0.15, 0.2) is 6.10 Å². The van der Waals surface area contributed by atoms with E-state index < -0.39 is 41.2 Å². The molecule has 0 aliphatic carbocycles. The average Bonchev–Trinajstić information content (AvgIpc) is 3.02. The minimum absolute atomic E-state index is 0.0279. The zero-order valence-corrected chi connectivity index (χ0v) is 17.8. The molecule has 0 fully saturated rings. The van der Waals surface area contributed by atoms with Gasteiger partial charge in [-0.05, 0) is 38.1 Å². The van der Waals surface area contributed by atoms with Crippen molar-refractivity contribution in [1.29, 1.82) is 0 Å².